The molecule has 0 fully saturated rings. The molecule has 0 bridgehead atoms. The summed E-state index contributed by atoms with van der Waals surface area (Å²) >= 11 is 0. The van der Waals surface area contributed by atoms with Gasteiger partial charge in [-0.15, -0.1) is 0 Å². The molecule has 0 saturated carbocycles. The van der Waals surface area contributed by atoms with E-state index in [4.69, 9.17) is 5.11 Å². The van der Waals surface area contributed by atoms with Crippen LogP contribution in [0, 0.1) is 5.92 Å². The molecule has 19 heavy (non-hydrogen) atoms. The molecule has 1 rings (SSSR count). The third kappa shape index (κ3) is 3.43. The Bertz CT molecular complexity index is 407. The highest BCUT2D eigenvalue weighted by Gasteiger charge is 2.37. The second kappa shape index (κ2) is 6.17. The lowest BCUT2D eigenvalue weighted by Crippen LogP contribution is -2.52. The highest BCUT2D eigenvalue weighted by atomic mass is 16.5. The monoisotopic (exact) mass is 271 g/mol. The Morgan fingerprint density at radius 1 is 1.47 bits per heavy atom. The Hall–Kier alpha value is -2.12. The molecule has 1 heterocycles. The molecule has 1 aliphatic heterocycles. The summed E-state index contributed by atoms with van der Waals surface area (Å²) in [7, 11) is 1.19. The summed E-state index contributed by atoms with van der Waals surface area (Å²) in [5, 5.41) is 16.0. The smallest absolute Gasteiger partial charge is 0.407 e. The lowest BCUT2D eigenvalue weighted by atomic mass is 10.0. The van der Waals surface area contributed by atoms with Crippen molar-refractivity contribution in [3.8, 4) is 0 Å². The van der Waals surface area contributed by atoms with Gasteiger partial charge in [0.2, 0.25) is 0 Å². The van der Waals surface area contributed by atoms with Gasteiger partial charge in [0.25, 0.3) is 5.91 Å². The number of carboxylic acids is 1. The van der Waals surface area contributed by atoms with Crippen molar-refractivity contribution in [2.75, 3.05) is 7.11 Å². The summed E-state index contributed by atoms with van der Waals surface area (Å²) in [5.41, 5.74) is 0. The van der Waals surface area contributed by atoms with Crippen LogP contribution in [0.4, 0.5) is 4.79 Å². The van der Waals surface area contributed by atoms with Crippen LogP contribution in [0.25, 0.3) is 0 Å². The van der Waals surface area contributed by atoms with E-state index in [1.54, 1.807) is 13.8 Å². The van der Waals surface area contributed by atoms with Crippen molar-refractivity contribution in [3.05, 3.63) is 0 Å². The van der Waals surface area contributed by atoms with E-state index in [-0.39, 0.29) is 12.3 Å². The summed E-state index contributed by atoms with van der Waals surface area (Å²) < 4.78 is 4.44. The van der Waals surface area contributed by atoms with Gasteiger partial charge in [0.1, 0.15) is 6.04 Å². The molecule has 2 N–H and O–H groups in total. The fourth-order valence-corrected chi connectivity index (χ4v) is 1.67. The molecule has 2 amide bonds. The summed E-state index contributed by atoms with van der Waals surface area (Å²) in [5.74, 6) is -1.93. The topological polar surface area (TPSA) is 108 Å². The number of methoxy groups -OCH3 is 1. The molecule has 8 heteroatoms. The fraction of sp³-hybridized carbons (Fsp3) is 0.636. The van der Waals surface area contributed by atoms with Crippen molar-refractivity contribution in [2.24, 2.45) is 11.0 Å². The number of carboxylic acid groups (broad SMARTS) is 1. The van der Waals surface area contributed by atoms with E-state index in [1.165, 1.54) is 13.3 Å². The third-order valence-electron chi connectivity index (χ3n) is 2.73. The van der Waals surface area contributed by atoms with E-state index >= 15 is 0 Å². The molecule has 2 atom stereocenters. The van der Waals surface area contributed by atoms with E-state index < -0.39 is 30.1 Å². The number of nitrogens with one attached hydrogen (secondary N) is 1. The molecular weight excluding hydrogens is 254 g/mol. The Morgan fingerprint density at radius 3 is 2.58 bits per heavy atom. The Morgan fingerprint density at radius 2 is 2.11 bits per heavy atom. The molecule has 0 radical (unpaired) electrons. The molecule has 0 aromatic rings. The van der Waals surface area contributed by atoms with Gasteiger partial charge < -0.3 is 15.2 Å². The molecule has 106 valence electrons. The first kappa shape index (κ1) is 14.9. The standard InChI is InChI=1S/C11H17N3O5/c1-6(2)8(13-11(18)19-3)9(15)14-7(10(16)17)4-5-12-14/h5-8H,4H2,1-3H3,(H,13,18)(H,16,17). The van der Waals surface area contributed by atoms with Gasteiger partial charge in [-0.25, -0.2) is 14.6 Å². The van der Waals surface area contributed by atoms with Crippen molar-refractivity contribution in [2.45, 2.75) is 32.4 Å². The van der Waals surface area contributed by atoms with Gasteiger partial charge in [-0.2, -0.15) is 5.10 Å². The first-order valence-corrected chi connectivity index (χ1v) is 5.81. The number of amides is 2. The molecule has 0 aliphatic carbocycles. The van der Waals surface area contributed by atoms with Crippen LogP contribution in [-0.2, 0) is 14.3 Å². The Labute approximate surface area is 110 Å². The molecule has 0 aromatic carbocycles. The molecule has 8 nitrogen and oxygen atoms in total. The highest BCUT2D eigenvalue weighted by Crippen LogP contribution is 2.16. The molecule has 0 aromatic heterocycles. The van der Waals surface area contributed by atoms with Crippen molar-refractivity contribution in [1.82, 2.24) is 10.3 Å². The number of hydrogen-bond acceptors (Lipinski definition) is 5. The number of hydrazone groups is 1. The van der Waals surface area contributed by atoms with Crippen molar-refractivity contribution < 1.29 is 24.2 Å². The van der Waals surface area contributed by atoms with Gasteiger partial charge in [0, 0.05) is 12.6 Å². The van der Waals surface area contributed by atoms with Gasteiger partial charge >= 0.3 is 12.1 Å². The molecule has 2 unspecified atom stereocenters. The summed E-state index contributed by atoms with van der Waals surface area (Å²) in [4.78, 5) is 34.4. The van der Waals surface area contributed by atoms with Crippen molar-refractivity contribution in [3.63, 3.8) is 0 Å². The number of alkyl carbamates (subject to hydrolysis) is 1. The van der Waals surface area contributed by atoms with Crippen LogP contribution < -0.4 is 5.32 Å². The number of ether oxygens (including phenoxy) is 1. The maximum atomic E-state index is 12.2. The van der Waals surface area contributed by atoms with E-state index in [0.29, 0.717) is 0 Å². The lowest BCUT2D eigenvalue weighted by molar-refractivity contribution is -0.150. The van der Waals surface area contributed by atoms with Crippen LogP contribution in [0.2, 0.25) is 0 Å². The van der Waals surface area contributed by atoms with Crippen molar-refractivity contribution in [1.29, 1.82) is 0 Å². The highest BCUT2D eigenvalue weighted by molar-refractivity contribution is 5.92. The minimum atomic E-state index is -1.13. The number of carbonyl (C=O) groups excluding carboxylic acids is 2. The van der Waals surface area contributed by atoms with Crippen LogP contribution in [0.1, 0.15) is 20.3 Å². The first-order valence-electron chi connectivity index (χ1n) is 5.81. The van der Waals surface area contributed by atoms with Crippen LogP contribution in [0.15, 0.2) is 5.10 Å². The van der Waals surface area contributed by atoms with E-state index in [9.17, 15) is 14.4 Å². The van der Waals surface area contributed by atoms with Crippen LogP contribution in [0.5, 0.6) is 0 Å². The maximum Gasteiger partial charge on any atom is 0.407 e. The summed E-state index contributed by atoms with van der Waals surface area (Å²) in [6, 6.07) is -1.90. The van der Waals surface area contributed by atoms with Gasteiger partial charge in [-0.3, -0.25) is 4.79 Å². The largest absolute Gasteiger partial charge is 0.480 e. The van der Waals surface area contributed by atoms with Gasteiger partial charge in [0.05, 0.1) is 7.11 Å². The molecule has 0 spiro atoms. The average molecular weight is 271 g/mol. The van der Waals surface area contributed by atoms with Crippen LogP contribution in [-0.4, -0.2) is 53.5 Å². The second-order valence-electron chi connectivity index (χ2n) is 4.43. The third-order valence-corrected chi connectivity index (χ3v) is 2.73. The predicted octanol–water partition coefficient (Wildman–Crippen LogP) is 0.0383. The molecular formula is C11H17N3O5. The van der Waals surface area contributed by atoms with E-state index in [0.717, 1.165) is 5.01 Å². The van der Waals surface area contributed by atoms with Crippen LogP contribution in [0.3, 0.4) is 0 Å². The van der Waals surface area contributed by atoms with Gasteiger partial charge in [-0.05, 0) is 5.92 Å². The summed E-state index contributed by atoms with van der Waals surface area (Å²) in [6.45, 7) is 3.46. The Kier molecular flexibility index (Phi) is 4.85. The molecule has 1 aliphatic rings. The van der Waals surface area contributed by atoms with Crippen molar-refractivity contribution >= 4 is 24.2 Å². The second-order valence-corrected chi connectivity index (χ2v) is 4.43. The number of hydrogen-bond donors (Lipinski definition) is 2. The lowest BCUT2D eigenvalue weighted by Gasteiger charge is -2.26. The SMILES string of the molecule is COC(=O)NC(C(=O)N1N=CCC1C(=O)O)C(C)C. The van der Waals surface area contributed by atoms with E-state index in [1.807, 2.05) is 0 Å². The zero-order valence-electron chi connectivity index (χ0n) is 11.0. The first-order chi connectivity index (χ1) is 8.88. The molecule has 0 saturated heterocycles. The number of nitrogens with zero attached hydrogens (tertiary/aromatic N) is 2. The average Bonchev–Trinajstić information content (AvgIpc) is 2.83. The fourth-order valence-electron chi connectivity index (χ4n) is 1.67. The van der Waals surface area contributed by atoms with Gasteiger partial charge in [-0.1, -0.05) is 13.8 Å². The normalized spacial score (nSPS) is 19.4. The number of rotatable bonds is 4. The quantitative estimate of drug-likeness (QED) is 0.750. The number of aliphatic carboxylic acids is 1. The predicted molar refractivity (Wildman–Crippen MR) is 65.5 cm³/mol. The van der Waals surface area contributed by atoms with Crippen LogP contribution >= 0.6 is 0 Å². The van der Waals surface area contributed by atoms with Gasteiger partial charge in [0.15, 0.2) is 6.04 Å². The number of carbonyl (C=O) groups is 3. The maximum absolute atomic E-state index is 12.2. The minimum absolute atomic E-state index is 0.157. The minimum Gasteiger partial charge on any atom is -0.480 e. The zero-order chi connectivity index (χ0) is 14.6. The van der Waals surface area contributed by atoms with E-state index in [2.05, 4.69) is 15.2 Å². The summed E-state index contributed by atoms with van der Waals surface area (Å²) in [6.07, 6.45) is 0.776. The zero-order valence-corrected chi connectivity index (χ0v) is 11.0. The Balaban J connectivity index is 2.84.